The fourth-order valence-electron chi connectivity index (χ4n) is 1.36. The average molecular weight is 271 g/mol. The lowest BCUT2D eigenvalue weighted by Gasteiger charge is -2.15. The van der Waals surface area contributed by atoms with Crippen LogP contribution in [0.25, 0.3) is 0 Å². The van der Waals surface area contributed by atoms with Gasteiger partial charge >= 0.3 is 5.97 Å². The van der Waals surface area contributed by atoms with Crippen molar-refractivity contribution in [3.8, 4) is 0 Å². The zero-order valence-corrected chi connectivity index (χ0v) is 11.2. The molecule has 1 amide bonds. The topological polar surface area (TPSA) is 105 Å². The van der Waals surface area contributed by atoms with Gasteiger partial charge in [0, 0.05) is 17.5 Å². The van der Waals surface area contributed by atoms with Gasteiger partial charge in [-0.2, -0.15) is 0 Å². The number of hydrogen-bond acceptors (Lipinski definition) is 5. The number of nitrogens with two attached hydrogens (primary N) is 1. The summed E-state index contributed by atoms with van der Waals surface area (Å²) < 4.78 is 0. The summed E-state index contributed by atoms with van der Waals surface area (Å²) in [6.07, 6.45) is 0.0180. The lowest BCUT2D eigenvalue weighted by molar-refractivity contribution is -0.137. The largest absolute Gasteiger partial charge is 0.481 e. The summed E-state index contributed by atoms with van der Waals surface area (Å²) in [6, 6.07) is -1.02. The molecule has 2 unspecified atom stereocenters. The number of thiazole rings is 1. The van der Waals surface area contributed by atoms with Crippen molar-refractivity contribution in [2.75, 3.05) is 0 Å². The molecule has 1 heterocycles. The molecule has 0 aromatic carbocycles. The number of carboxylic acids is 1. The van der Waals surface area contributed by atoms with Gasteiger partial charge in [0.2, 0.25) is 5.91 Å². The van der Waals surface area contributed by atoms with Crippen molar-refractivity contribution in [3.05, 3.63) is 16.1 Å². The first-order valence-electron chi connectivity index (χ1n) is 5.60. The second-order valence-electron chi connectivity index (χ2n) is 4.10. The third kappa shape index (κ3) is 4.42. The molecule has 0 aliphatic carbocycles. The number of aryl methyl sites for hydroxylation is 1. The smallest absolute Gasteiger partial charge is 0.303 e. The quantitative estimate of drug-likeness (QED) is 0.710. The number of carboxylic acid groups (broad SMARTS) is 1. The number of carbonyl (C=O) groups excluding carboxylic acids is 1. The monoisotopic (exact) mass is 271 g/mol. The molecule has 0 saturated heterocycles. The molecule has 0 saturated carbocycles. The number of carbonyl (C=O) groups is 2. The zero-order valence-electron chi connectivity index (χ0n) is 10.3. The van der Waals surface area contributed by atoms with Crippen molar-refractivity contribution in [3.63, 3.8) is 0 Å². The van der Waals surface area contributed by atoms with Gasteiger partial charge in [0.1, 0.15) is 5.01 Å². The summed E-state index contributed by atoms with van der Waals surface area (Å²) in [5.74, 6) is -1.31. The molecule has 0 spiro atoms. The van der Waals surface area contributed by atoms with Crippen LogP contribution in [-0.2, 0) is 9.59 Å². The van der Waals surface area contributed by atoms with Crippen molar-refractivity contribution in [2.24, 2.45) is 5.73 Å². The summed E-state index contributed by atoms with van der Waals surface area (Å²) in [4.78, 5) is 26.3. The molecule has 0 radical (unpaired) electrons. The van der Waals surface area contributed by atoms with Crippen LogP contribution in [0.5, 0.6) is 0 Å². The Morgan fingerprint density at radius 1 is 1.61 bits per heavy atom. The molecule has 0 aliphatic rings. The van der Waals surface area contributed by atoms with E-state index in [9.17, 15) is 9.59 Å². The SMILES string of the molecule is Cc1csc(C(C)NC(=O)C(N)CCC(=O)O)n1. The normalized spacial score (nSPS) is 13.9. The molecular formula is C11H17N3O3S. The number of aromatic nitrogens is 1. The Kier molecular flexibility index (Phi) is 5.24. The van der Waals surface area contributed by atoms with E-state index in [1.54, 1.807) is 0 Å². The summed E-state index contributed by atoms with van der Waals surface area (Å²) in [7, 11) is 0. The number of aliphatic carboxylic acids is 1. The maximum atomic E-state index is 11.7. The van der Waals surface area contributed by atoms with Gasteiger partial charge < -0.3 is 16.2 Å². The van der Waals surface area contributed by atoms with Gasteiger partial charge in [-0.3, -0.25) is 9.59 Å². The molecule has 2 atom stereocenters. The molecule has 6 nitrogen and oxygen atoms in total. The molecule has 0 fully saturated rings. The number of amides is 1. The Balaban J connectivity index is 2.46. The second-order valence-corrected chi connectivity index (χ2v) is 4.99. The third-order valence-corrected chi connectivity index (χ3v) is 3.52. The maximum absolute atomic E-state index is 11.7. The minimum absolute atomic E-state index is 0.112. The molecule has 7 heteroatoms. The number of nitrogens with zero attached hydrogens (tertiary/aromatic N) is 1. The van der Waals surface area contributed by atoms with Crippen LogP contribution in [0.1, 0.15) is 36.5 Å². The Morgan fingerprint density at radius 3 is 2.78 bits per heavy atom. The van der Waals surface area contributed by atoms with E-state index in [1.807, 2.05) is 19.2 Å². The molecule has 100 valence electrons. The van der Waals surface area contributed by atoms with Crippen LogP contribution in [0, 0.1) is 6.92 Å². The standard InChI is InChI=1S/C11H17N3O3S/c1-6-5-18-11(13-6)7(2)14-10(17)8(12)3-4-9(15)16/h5,7-8H,3-4,12H2,1-2H3,(H,14,17)(H,15,16). The number of nitrogens with one attached hydrogen (secondary N) is 1. The minimum atomic E-state index is -0.957. The van der Waals surface area contributed by atoms with Crippen molar-refractivity contribution in [2.45, 2.75) is 38.8 Å². The zero-order chi connectivity index (χ0) is 13.7. The van der Waals surface area contributed by atoms with Gasteiger partial charge in [-0.05, 0) is 20.3 Å². The average Bonchev–Trinajstić information content (AvgIpc) is 2.72. The van der Waals surface area contributed by atoms with Gasteiger partial charge in [-0.25, -0.2) is 4.98 Å². The summed E-state index contributed by atoms with van der Waals surface area (Å²) in [5, 5.41) is 14.0. The Hall–Kier alpha value is -1.47. The maximum Gasteiger partial charge on any atom is 0.303 e. The summed E-state index contributed by atoms with van der Waals surface area (Å²) >= 11 is 1.47. The third-order valence-electron chi connectivity index (χ3n) is 2.37. The van der Waals surface area contributed by atoms with E-state index in [-0.39, 0.29) is 24.8 Å². The molecule has 1 aromatic rings. The lowest BCUT2D eigenvalue weighted by atomic mass is 10.1. The van der Waals surface area contributed by atoms with Gasteiger partial charge in [0.25, 0.3) is 0 Å². The molecule has 4 N–H and O–H groups in total. The fourth-order valence-corrected chi connectivity index (χ4v) is 2.17. The van der Waals surface area contributed by atoms with E-state index in [2.05, 4.69) is 10.3 Å². The van der Waals surface area contributed by atoms with Crippen LogP contribution >= 0.6 is 11.3 Å². The van der Waals surface area contributed by atoms with Crippen LogP contribution in [0.2, 0.25) is 0 Å². The molecule has 0 bridgehead atoms. The fraction of sp³-hybridized carbons (Fsp3) is 0.545. The lowest BCUT2D eigenvalue weighted by Crippen LogP contribution is -2.41. The predicted molar refractivity (Wildman–Crippen MR) is 68.3 cm³/mol. The first-order valence-corrected chi connectivity index (χ1v) is 6.48. The van der Waals surface area contributed by atoms with Gasteiger partial charge in [0.15, 0.2) is 0 Å². The van der Waals surface area contributed by atoms with E-state index in [0.717, 1.165) is 10.7 Å². The van der Waals surface area contributed by atoms with Gasteiger partial charge in [0.05, 0.1) is 12.1 Å². The predicted octanol–water partition coefficient (Wildman–Crippen LogP) is 0.821. The highest BCUT2D eigenvalue weighted by Crippen LogP contribution is 2.17. The van der Waals surface area contributed by atoms with Crippen LogP contribution in [0.3, 0.4) is 0 Å². The van der Waals surface area contributed by atoms with Crippen LogP contribution < -0.4 is 11.1 Å². The molecule has 0 aliphatic heterocycles. The first-order chi connectivity index (χ1) is 8.40. The Labute approximate surface area is 109 Å². The second kappa shape index (κ2) is 6.46. The molecule has 18 heavy (non-hydrogen) atoms. The van der Waals surface area contributed by atoms with Crippen molar-refractivity contribution in [1.82, 2.24) is 10.3 Å². The van der Waals surface area contributed by atoms with Crippen LogP contribution in [-0.4, -0.2) is 28.0 Å². The molecule has 1 aromatic heterocycles. The van der Waals surface area contributed by atoms with E-state index >= 15 is 0 Å². The van der Waals surface area contributed by atoms with E-state index < -0.39 is 12.0 Å². The number of hydrogen-bond donors (Lipinski definition) is 3. The minimum Gasteiger partial charge on any atom is -0.481 e. The highest BCUT2D eigenvalue weighted by Gasteiger charge is 2.18. The van der Waals surface area contributed by atoms with Crippen molar-refractivity contribution >= 4 is 23.2 Å². The summed E-state index contributed by atoms with van der Waals surface area (Å²) in [5.41, 5.74) is 6.51. The molecular weight excluding hydrogens is 254 g/mol. The highest BCUT2D eigenvalue weighted by molar-refractivity contribution is 7.09. The molecule has 1 rings (SSSR count). The van der Waals surface area contributed by atoms with Gasteiger partial charge in [-0.15, -0.1) is 11.3 Å². The Bertz CT molecular complexity index is 433. The summed E-state index contributed by atoms with van der Waals surface area (Å²) in [6.45, 7) is 3.70. The van der Waals surface area contributed by atoms with Gasteiger partial charge in [-0.1, -0.05) is 0 Å². The highest BCUT2D eigenvalue weighted by atomic mass is 32.1. The van der Waals surface area contributed by atoms with E-state index in [1.165, 1.54) is 11.3 Å². The van der Waals surface area contributed by atoms with Crippen LogP contribution in [0.15, 0.2) is 5.38 Å². The van der Waals surface area contributed by atoms with E-state index in [0.29, 0.717) is 0 Å². The van der Waals surface area contributed by atoms with E-state index in [4.69, 9.17) is 10.8 Å². The van der Waals surface area contributed by atoms with Crippen molar-refractivity contribution in [1.29, 1.82) is 0 Å². The Morgan fingerprint density at radius 2 is 2.28 bits per heavy atom. The number of rotatable bonds is 6. The van der Waals surface area contributed by atoms with Crippen LogP contribution in [0.4, 0.5) is 0 Å². The first kappa shape index (κ1) is 14.6. The van der Waals surface area contributed by atoms with Crippen molar-refractivity contribution < 1.29 is 14.7 Å².